The fraction of sp³-hybridized carbons (Fsp3) is 0.278. The molecule has 2 aliphatic rings. The van der Waals surface area contributed by atoms with Gasteiger partial charge in [-0.2, -0.15) is 0 Å². The van der Waals surface area contributed by atoms with Gasteiger partial charge >= 0.3 is 0 Å². The Morgan fingerprint density at radius 3 is 2.79 bits per heavy atom. The summed E-state index contributed by atoms with van der Waals surface area (Å²) in [5.74, 6) is 2.05. The zero-order valence-electron chi connectivity index (χ0n) is 13.1. The van der Waals surface area contributed by atoms with Crippen molar-refractivity contribution in [2.75, 3.05) is 18.7 Å². The van der Waals surface area contributed by atoms with Crippen molar-refractivity contribution >= 4 is 27.5 Å². The number of hydrogen-bond donors (Lipinski definition) is 1. The third-order valence-corrected chi connectivity index (χ3v) is 4.72. The Labute approximate surface area is 148 Å². The van der Waals surface area contributed by atoms with Crippen LogP contribution in [0.3, 0.4) is 0 Å². The van der Waals surface area contributed by atoms with Crippen LogP contribution in [-0.4, -0.2) is 19.3 Å². The molecule has 0 spiro atoms. The SMILES string of the molecule is CCOc1ccc(Br)cc1[C@@H]1CC(=O)Nc2cc3c(cc21)OCO3. The lowest BCUT2D eigenvalue weighted by Crippen LogP contribution is -2.23. The average molecular weight is 390 g/mol. The number of hydrogen-bond acceptors (Lipinski definition) is 4. The molecule has 1 amide bonds. The summed E-state index contributed by atoms with van der Waals surface area (Å²) >= 11 is 3.52. The molecule has 5 nitrogen and oxygen atoms in total. The van der Waals surface area contributed by atoms with Crippen molar-refractivity contribution < 1.29 is 19.0 Å². The Kier molecular flexibility index (Phi) is 3.84. The van der Waals surface area contributed by atoms with Gasteiger partial charge in [0.05, 0.1) is 6.61 Å². The molecule has 124 valence electrons. The molecule has 0 saturated carbocycles. The lowest BCUT2D eigenvalue weighted by Gasteiger charge is -2.27. The van der Waals surface area contributed by atoms with E-state index in [0.717, 1.165) is 27.0 Å². The maximum absolute atomic E-state index is 12.2. The van der Waals surface area contributed by atoms with Crippen molar-refractivity contribution in [2.24, 2.45) is 0 Å². The van der Waals surface area contributed by atoms with Crippen molar-refractivity contribution in [3.05, 3.63) is 45.9 Å². The molecule has 1 N–H and O–H groups in total. The van der Waals surface area contributed by atoms with Gasteiger partial charge in [0.25, 0.3) is 0 Å². The van der Waals surface area contributed by atoms with Gasteiger partial charge in [0.1, 0.15) is 5.75 Å². The van der Waals surface area contributed by atoms with E-state index in [9.17, 15) is 4.79 Å². The summed E-state index contributed by atoms with van der Waals surface area (Å²) in [5.41, 5.74) is 2.77. The number of fused-ring (bicyclic) bond motifs is 2. The van der Waals surface area contributed by atoms with Crippen LogP contribution in [-0.2, 0) is 4.79 Å². The van der Waals surface area contributed by atoms with Crippen LogP contribution in [0.5, 0.6) is 17.2 Å². The minimum atomic E-state index is -0.0951. The van der Waals surface area contributed by atoms with E-state index in [4.69, 9.17) is 14.2 Å². The zero-order chi connectivity index (χ0) is 16.7. The highest BCUT2D eigenvalue weighted by molar-refractivity contribution is 9.10. The summed E-state index contributed by atoms with van der Waals surface area (Å²) in [6.45, 7) is 2.73. The second-order valence-electron chi connectivity index (χ2n) is 5.71. The molecule has 0 saturated heterocycles. The highest BCUT2D eigenvalue weighted by atomic mass is 79.9. The molecule has 2 heterocycles. The van der Waals surface area contributed by atoms with Crippen molar-refractivity contribution in [3.8, 4) is 17.2 Å². The molecule has 6 heteroatoms. The fourth-order valence-electron chi connectivity index (χ4n) is 3.21. The predicted octanol–water partition coefficient (Wildman–Crippen LogP) is 4.05. The van der Waals surface area contributed by atoms with E-state index in [1.165, 1.54) is 0 Å². The quantitative estimate of drug-likeness (QED) is 0.859. The second-order valence-corrected chi connectivity index (χ2v) is 6.63. The number of carbonyl (C=O) groups excluding carboxylic acids is 1. The van der Waals surface area contributed by atoms with Crippen LogP contribution >= 0.6 is 15.9 Å². The molecule has 1 atom stereocenters. The number of benzene rings is 2. The van der Waals surface area contributed by atoms with Crippen LogP contribution in [0.4, 0.5) is 5.69 Å². The summed E-state index contributed by atoms with van der Waals surface area (Å²) in [6.07, 6.45) is 0.364. The van der Waals surface area contributed by atoms with E-state index in [1.807, 2.05) is 37.3 Å². The first-order chi connectivity index (χ1) is 11.7. The third-order valence-electron chi connectivity index (χ3n) is 4.23. The maximum Gasteiger partial charge on any atom is 0.231 e. The first-order valence-electron chi connectivity index (χ1n) is 7.81. The first kappa shape index (κ1) is 15.3. The normalized spacial score (nSPS) is 18.1. The molecule has 2 aliphatic heterocycles. The molecule has 4 rings (SSSR count). The number of carbonyl (C=O) groups is 1. The lowest BCUT2D eigenvalue weighted by molar-refractivity contribution is -0.116. The average Bonchev–Trinajstić information content (AvgIpc) is 3.01. The Balaban J connectivity index is 1.86. The fourth-order valence-corrected chi connectivity index (χ4v) is 3.59. The third kappa shape index (κ3) is 2.60. The largest absolute Gasteiger partial charge is 0.494 e. The maximum atomic E-state index is 12.2. The van der Waals surface area contributed by atoms with Gasteiger partial charge in [-0.3, -0.25) is 4.79 Å². The number of rotatable bonds is 3. The second kappa shape index (κ2) is 6.02. The van der Waals surface area contributed by atoms with Gasteiger partial charge in [0.15, 0.2) is 11.5 Å². The molecule has 24 heavy (non-hydrogen) atoms. The topological polar surface area (TPSA) is 56.8 Å². The highest BCUT2D eigenvalue weighted by Gasteiger charge is 2.31. The smallest absolute Gasteiger partial charge is 0.231 e. The van der Waals surface area contributed by atoms with Gasteiger partial charge in [-0.1, -0.05) is 15.9 Å². The van der Waals surface area contributed by atoms with E-state index >= 15 is 0 Å². The van der Waals surface area contributed by atoms with Crippen LogP contribution < -0.4 is 19.5 Å². The summed E-state index contributed by atoms with van der Waals surface area (Å²) in [5, 5.41) is 2.93. The summed E-state index contributed by atoms with van der Waals surface area (Å²) in [4.78, 5) is 12.2. The molecule has 0 radical (unpaired) electrons. The minimum Gasteiger partial charge on any atom is -0.494 e. The predicted molar refractivity (Wildman–Crippen MR) is 93.0 cm³/mol. The Morgan fingerprint density at radius 1 is 1.21 bits per heavy atom. The van der Waals surface area contributed by atoms with Gasteiger partial charge in [-0.05, 0) is 36.8 Å². The van der Waals surface area contributed by atoms with Crippen molar-refractivity contribution in [1.29, 1.82) is 0 Å². The van der Waals surface area contributed by atoms with Gasteiger partial charge in [0, 0.05) is 34.1 Å². The van der Waals surface area contributed by atoms with Crippen LogP contribution in [0.1, 0.15) is 30.4 Å². The highest BCUT2D eigenvalue weighted by Crippen LogP contribution is 2.46. The molecule has 2 aromatic rings. The Morgan fingerprint density at radius 2 is 2.00 bits per heavy atom. The van der Waals surface area contributed by atoms with Crippen LogP contribution in [0.15, 0.2) is 34.8 Å². The van der Waals surface area contributed by atoms with Gasteiger partial charge in [-0.15, -0.1) is 0 Å². The summed E-state index contributed by atoms with van der Waals surface area (Å²) in [7, 11) is 0. The standard InChI is InChI=1S/C18H16BrNO4/c1-2-22-15-4-3-10(19)5-13(15)11-7-18(21)20-14-8-17-16(6-12(11)14)23-9-24-17/h3-6,8,11H,2,7,9H2,1H3,(H,20,21)/t11-/m1/s1. The van der Waals surface area contributed by atoms with E-state index < -0.39 is 0 Å². The molecular formula is C18H16BrNO4. The van der Waals surface area contributed by atoms with E-state index in [0.29, 0.717) is 24.5 Å². The Hall–Kier alpha value is -2.21. The number of halogens is 1. The van der Waals surface area contributed by atoms with Gasteiger partial charge < -0.3 is 19.5 Å². The monoisotopic (exact) mass is 389 g/mol. The van der Waals surface area contributed by atoms with Crippen LogP contribution in [0.2, 0.25) is 0 Å². The summed E-state index contributed by atoms with van der Waals surface area (Å²) in [6, 6.07) is 9.68. The van der Waals surface area contributed by atoms with Gasteiger partial charge in [-0.25, -0.2) is 0 Å². The molecule has 0 bridgehead atoms. The van der Waals surface area contributed by atoms with E-state index in [1.54, 1.807) is 0 Å². The molecule has 0 aromatic heterocycles. The number of ether oxygens (including phenoxy) is 3. The van der Waals surface area contributed by atoms with Crippen molar-refractivity contribution in [1.82, 2.24) is 0 Å². The van der Waals surface area contributed by atoms with Crippen LogP contribution in [0.25, 0.3) is 0 Å². The van der Waals surface area contributed by atoms with E-state index in [2.05, 4.69) is 21.2 Å². The molecule has 0 aliphatic carbocycles. The minimum absolute atomic E-state index is 0.0196. The molecule has 2 aromatic carbocycles. The first-order valence-corrected chi connectivity index (χ1v) is 8.60. The number of anilines is 1. The number of nitrogens with one attached hydrogen (secondary N) is 1. The van der Waals surface area contributed by atoms with Crippen LogP contribution in [0, 0.1) is 0 Å². The molecular weight excluding hydrogens is 374 g/mol. The summed E-state index contributed by atoms with van der Waals surface area (Å²) < 4.78 is 17.7. The van der Waals surface area contributed by atoms with Crippen molar-refractivity contribution in [2.45, 2.75) is 19.3 Å². The van der Waals surface area contributed by atoms with Gasteiger partial charge in [0.2, 0.25) is 12.7 Å². The lowest BCUT2D eigenvalue weighted by atomic mass is 9.84. The zero-order valence-corrected chi connectivity index (χ0v) is 14.7. The molecule has 0 fully saturated rings. The van der Waals surface area contributed by atoms with E-state index in [-0.39, 0.29) is 18.6 Å². The molecule has 0 unspecified atom stereocenters. The Bertz CT molecular complexity index is 821. The van der Waals surface area contributed by atoms with Crippen molar-refractivity contribution in [3.63, 3.8) is 0 Å². The number of amides is 1.